The van der Waals surface area contributed by atoms with E-state index in [0.717, 1.165) is 9.37 Å². The molecule has 1 atom stereocenters. The molecule has 2 N–H and O–H groups in total. The Morgan fingerprint density at radius 2 is 1.68 bits per heavy atom. The van der Waals surface area contributed by atoms with E-state index in [1.807, 2.05) is 0 Å². The standard InChI is InChI=1S/C19H18BrN3O5/c1-27-14-7-11(8-15(9-14)28-2)18(25)22-21-16-10-17(24)23(19(16)26)13-5-3-12(20)4-6-13/h3-9,16,21H,10H2,1-2H3,(H,22,25)/t16-/m0/s1. The number of anilines is 1. The predicted molar refractivity (Wildman–Crippen MR) is 105 cm³/mol. The van der Waals surface area contributed by atoms with E-state index in [9.17, 15) is 14.4 Å². The monoisotopic (exact) mass is 447 g/mol. The second-order valence-corrected chi connectivity index (χ2v) is 6.92. The molecule has 2 aromatic rings. The van der Waals surface area contributed by atoms with Crippen LogP contribution in [0, 0.1) is 0 Å². The molecule has 2 aromatic carbocycles. The normalized spacial score (nSPS) is 16.2. The van der Waals surface area contributed by atoms with Gasteiger partial charge in [0, 0.05) is 16.1 Å². The molecule has 1 fully saturated rings. The summed E-state index contributed by atoms with van der Waals surface area (Å²) < 4.78 is 11.1. The van der Waals surface area contributed by atoms with Gasteiger partial charge in [0.2, 0.25) is 5.91 Å². The molecule has 0 aliphatic carbocycles. The fourth-order valence-electron chi connectivity index (χ4n) is 2.77. The first kappa shape index (κ1) is 19.8. The molecule has 8 nitrogen and oxygen atoms in total. The highest BCUT2D eigenvalue weighted by atomic mass is 79.9. The van der Waals surface area contributed by atoms with Gasteiger partial charge < -0.3 is 9.47 Å². The van der Waals surface area contributed by atoms with E-state index in [-0.39, 0.29) is 17.9 Å². The van der Waals surface area contributed by atoms with Crippen molar-refractivity contribution in [3.8, 4) is 11.5 Å². The quantitative estimate of drug-likeness (QED) is 0.519. The van der Waals surface area contributed by atoms with Crippen LogP contribution in [0.5, 0.6) is 11.5 Å². The molecule has 0 unspecified atom stereocenters. The third-order valence-electron chi connectivity index (χ3n) is 4.21. The first-order valence-electron chi connectivity index (χ1n) is 8.34. The average Bonchev–Trinajstić information content (AvgIpc) is 2.99. The van der Waals surface area contributed by atoms with Crippen molar-refractivity contribution in [3.63, 3.8) is 0 Å². The number of hydrogen-bond acceptors (Lipinski definition) is 6. The largest absolute Gasteiger partial charge is 0.497 e. The van der Waals surface area contributed by atoms with Crippen molar-refractivity contribution in [1.29, 1.82) is 0 Å². The number of nitrogens with one attached hydrogen (secondary N) is 2. The van der Waals surface area contributed by atoms with Crippen LogP contribution in [0.3, 0.4) is 0 Å². The van der Waals surface area contributed by atoms with Gasteiger partial charge >= 0.3 is 0 Å². The number of benzene rings is 2. The van der Waals surface area contributed by atoms with Crippen LogP contribution in [0.25, 0.3) is 0 Å². The van der Waals surface area contributed by atoms with Crippen LogP contribution in [-0.2, 0) is 9.59 Å². The van der Waals surface area contributed by atoms with Crippen LogP contribution in [0.4, 0.5) is 5.69 Å². The Balaban J connectivity index is 1.68. The van der Waals surface area contributed by atoms with Gasteiger partial charge in [0.25, 0.3) is 11.8 Å². The summed E-state index contributed by atoms with van der Waals surface area (Å²) in [5, 5.41) is 0. The molecule has 1 heterocycles. The van der Waals surface area contributed by atoms with Crippen LogP contribution >= 0.6 is 15.9 Å². The van der Waals surface area contributed by atoms with E-state index in [4.69, 9.17) is 9.47 Å². The van der Waals surface area contributed by atoms with Gasteiger partial charge in [0.1, 0.15) is 17.5 Å². The van der Waals surface area contributed by atoms with Crippen LogP contribution in [0.2, 0.25) is 0 Å². The number of imide groups is 1. The second-order valence-electron chi connectivity index (χ2n) is 6.00. The van der Waals surface area contributed by atoms with Crippen molar-refractivity contribution < 1.29 is 23.9 Å². The van der Waals surface area contributed by atoms with Crippen LogP contribution < -0.4 is 25.2 Å². The molecule has 1 aliphatic heterocycles. The Kier molecular flexibility index (Phi) is 5.96. The fourth-order valence-corrected chi connectivity index (χ4v) is 3.03. The number of rotatable bonds is 6. The van der Waals surface area contributed by atoms with Crippen molar-refractivity contribution in [3.05, 3.63) is 52.5 Å². The highest BCUT2D eigenvalue weighted by Crippen LogP contribution is 2.25. The number of amides is 3. The average molecular weight is 448 g/mol. The molecule has 0 radical (unpaired) electrons. The Bertz CT molecular complexity index is 894. The zero-order valence-corrected chi connectivity index (χ0v) is 16.8. The zero-order chi connectivity index (χ0) is 20.3. The Morgan fingerprint density at radius 3 is 2.25 bits per heavy atom. The van der Waals surface area contributed by atoms with Crippen molar-refractivity contribution in [1.82, 2.24) is 10.9 Å². The van der Waals surface area contributed by atoms with E-state index in [1.165, 1.54) is 26.4 Å². The van der Waals surface area contributed by atoms with Gasteiger partial charge in [0.15, 0.2) is 0 Å². The van der Waals surface area contributed by atoms with Crippen molar-refractivity contribution in [2.24, 2.45) is 0 Å². The molecule has 0 aromatic heterocycles. The van der Waals surface area contributed by atoms with Crippen molar-refractivity contribution in [2.45, 2.75) is 12.5 Å². The number of methoxy groups -OCH3 is 2. The summed E-state index contributed by atoms with van der Waals surface area (Å²) in [6.45, 7) is 0. The van der Waals surface area contributed by atoms with E-state index in [2.05, 4.69) is 26.8 Å². The first-order chi connectivity index (χ1) is 13.4. The first-order valence-corrected chi connectivity index (χ1v) is 9.13. The van der Waals surface area contributed by atoms with E-state index in [1.54, 1.807) is 30.3 Å². The number of hydrazine groups is 1. The Hall–Kier alpha value is -2.91. The molecule has 1 aliphatic rings. The number of carbonyl (C=O) groups excluding carboxylic acids is 3. The van der Waals surface area contributed by atoms with Crippen LogP contribution in [-0.4, -0.2) is 38.0 Å². The van der Waals surface area contributed by atoms with Gasteiger partial charge in [-0.15, -0.1) is 0 Å². The summed E-state index contributed by atoms with van der Waals surface area (Å²) in [6, 6.07) is 10.7. The third kappa shape index (κ3) is 4.15. The molecule has 146 valence electrons. The molecular weight excluding hydrogens is 430 g/mol. The summed E-state index contributed by atoms with van der Waals surface area (Å²) in [4.78, 5) is 38.4. The minimum absolute atomic E-state index is 0.0589. The van der Waals surface area contributed by atoms with E-state index in [0.29, 0.717) is 17.2 Å². The van der Waals surface area contributed by atoms with Gasteiger partial charge in [-0.25, -0.2) is 10.3 Å². The summed E-state index contributed by atoms with van der Waals surface area (Å²) in [5.74, 6) is -0.353. The highest BCUT2D eigenvalue weighted by Gasteiger charge is 2.39. The maximum absolute atomic E-state index is 12.6. The van der Waals surface area contributed by atoms with Gasteiger partial charge in [-0.2, -0.15) is 0 Å². The van der Waals surface area contributed by atoms with Gasteiger partial charge in [-0.3, -0.25) is 19.8 Å². The maximum Gasteiger partial charge on any atom is 0.265 e. The molecular formula is C19H18BrN3O5. The lowest BCUT2D eigenvalue weighted by molar-refractivity contribution is -0.121. The van der Waals surface area contributed by atoms with Crippen LogP contribution in [0.1, 0.15) is 16.8 Å². The highest BCUT2D eigenvalue weighted by molar-refractivity contribution is 9.10. The molecule has 9 heteroatoms. The van der Waals surface area contributed by atoms with Gasteiger partial charge in [-0.05, 0) is 36.4 Å². The number of halogens is 1. The van der Waals surface area contributed by atoms with Crippen molar-refractivity contribution >= 4 is 39.3 Å². The Morgan fingerprint density at radius 1 is 1.07 bits per heavy atom. The number of nitrogens with zero attached hydrogens (tertiary/aromatic N) is 1. The lowest BCUT2D eigenvalue weighted by atomic mass is 10.2. The van der Waals surface area contributed by atoms with Gasteiger partial charge in [0.05, 0.1) is 26.3 Å². The zero-order valence-electron chi connectivity index (χ0n) is 15.2. The number of carbonyl (C=O) groups is 3. The smallest absolute Gasteiger partial charge is 0.265 e. The molecule has 0 bridgehead atoms. The Labute approximate surface area is 169 Å². The molecule has 3 amide bonds. The summed E-state index contributed by atoms with van der Waals surface area (Å²) in [5.41, 5.74) is 5.87. The summed E-state index contributed by atoms with van der Waals surface area (Å²) in [7, 11) is 2.96. The lowest BCUT2D eigenvalue weighted by Crippen LogP contribution is -2.48. The SMILES string of the molecule is COc1cc(OC)cc(C(=O)NN[C@H]2CC(=O)N(c3ccc(Br)cc3)C2=O)c1. The number of ether oxygens (including phenoxy) is 2. The predicted octanol–water partition coefficient (Wildman–Crippen LogP) is 2.03. The maximum atomic E-state index is 12.6. The van der Waals surface area contributed by atoms with E-state index >= 15 is 0 Å². The molecule has 0 spiro atoms. The fraction of sp³-hybridized carbons (Fsp3) is 0.211. The molecule has 3 rings (SSSR count). The minimum atomic E-state index is -0.854. The topological polar surface area (TPSA) is 97.0 Å². The summed E-state index contributed by atoms with van der Waals surface area (Å²) in [6.07, 6.45) is -0.0589. The minimum Gasteiger partial charge on any atom is -0.497 e. The molecule has 28 heavy (non-hydrogen) atoms. The lowest BCUT2D eigenvalue weighted by Gasteiger charge is -2.16. The second kappa shape index (κ2) is 8.41. The van der Waals surface area contributed by atoms with Crippen LogP contribution in [0.15, 0.2) is 46.9 Å². The summed E-state index contributed by atoms with van der Waals surface area (Å²) >= 11 is 3.31. The number of hydrogen-bond donors (Lipinski definition) is 2. The van der Waals surface area contributed by atoms with Gasteiger partial charge in [-0.1, -0.05) is 15.9 Å². The van der Waals surface area contributed by atoms with Crippen molar-refractivity contribution in [2.75, 3.05) is 19.1 Å². The van der Waals surface area contributed by atoms with E-state index < -0.39 is 17.9 Å². The molecule has 0 saturated carbocycles. The molecule has 1 saturated heterocycles. The third-order valence-corrected chi connectivity index (χ3v) is 4.73.